The molecule has 0 unspecified atom stereocenters. The van der Waals surface area contributed by atoms with Crippen LogP contribution in [0.3, 0.4) is 0 Å². The molecule has 2 rings (SSSR count). The molecule has 0 aliphatic carbocycles. The standard InChI is InChI=1S/C19H27N3O3/c1-19(2,17(23)20-10-6-12-25-3)18(24)21-11-9-14-13-22-16-8-5-4-7-15(14)16/h4-5,7-8,13,22H,6,9-12H2,1-3H3,(H,20,23)(H,21,24). The van der Waals surface area contributed by atoms with Gasteiger partial charge in [-0.2, -0.15) is 0 Å². The van der Waals surface area contributed by atoms with E-state index in [1.807, 2.05) is 24.4 Å². The first-order valence-electron chi connectivity index (χ1n) is 8.57. The fourth-order valence-corrected chi connectivity index (χ4v) is 2.61. The van der Waals surface area contributed by atoms with E-state index in [2.05, 4.69) is 21.7 Å². The fraction of sp³-hybridized carbons (Fsp3) is 0.474. The van der Waals surface area contributed by atoms with E-state index < -0.39 is 5.41 Å². The van der Waals surface area contributed by atoms with E-state index in [1.54, 1.807) is 21.0 Å². The quantitative estimate of drug-likeness (QED) is 0.480. The third-order valence-corrected chi connectivity index (χ3v) is 4.30. The molecular formula is C19H27N3O3. The average molecular weight is 345 g/mol. The molecule has 0 bridgehead atoms. The number of aromatic nitrogens is 1. The van der Waals surface area contributed by atoms with Crippen molar-refractivity contribution in [3.8, 4) is 0 Å². The third-order valence-electron chi connectivity index (χ3n) is 4.30. The molecule has 0 saturated carbocycles. The van der Waals surface area contributed by atoms with Crippen LogP contribution >= 0.6 is 0 Å². The van der Waals surface area contributed by atoms with Gasteiger partial charge in [0.1, 0.15) is 5.41 Å². The number of ether oxygens (including phenoxy) is 1. The van der Waals surface area contributed by atoms with Crippen LogP contribution in [0.1, 0.15) is 25.8 Å². The Labute approximate surface area is 148 Å². The molecule has 1 aromatic carbocycles. The van der Waals surface area contributed by atoms with E-state index in [1.165, 1.54) is 0 Å². The molecule has 6 nitrogen and oxygen atoms in total. The lowest BCUT2D eigenvalue weighted by molar-refractivity contribution is -0.141. The van der Waals surface area contributed by atoms with Gasteiger partial charge >= 0.3 is 0 Å². The zero-order chi connectivity index (χ0) is 18.3. The first-order valence-corrected chi connectivity index (χ1v) is 8.57. The Morgan fingerprint density at radius 1 is 1.12 bits per heavy atom. The van der Waals surface area contributed by atoms with Crippen molar-refractivity contribution in [2.24, 2.45) is 5.41 Å². The molecule has 6 heteroatoms. The highest BCUT2D eigenvalue weighted by Crippen LogP contribution is 2.18. The molecule has 0 radical (unpaired) electrons. The predicted molar refractivity (Wildman–Crippen MR) is 98.3 cm³/mol. The van der Waals surface area contributed by atoms with Crippen molar-refractivity contribution < 1.29 is 14.3 Å². The van der Waals surface area contributed by atoms with E-state index in [9.17, 15) is 9.59 Å². The summed E-state index contributed by atoms with van der Waals surface area (Å²) in [5, 5.41) is 6.81. The summed E-state index contributed by atoms with van der Waals surface area (Å²) in [6, 6.07) is 8.06. The smallest absolute Gasteiger partial charge is 0.235 e. The Morgan fingerprint density at radius 3 is 2.52 bits per heavy atom. The van der Waals surface area contributed by atoms with Gasteiger partial charge in [0.2, 0.25) is 11.8 Å². The maximum atomic E-state index is 12.4. The zero-order valence-corrected chi connectivity index (χ0v) is 15.1. The predicted octanol–water partition coefficient (Wildman–Crippen LogP) is 2.01. The largest absolute Gasteiger partial charge is 0.385 e. The molecule has 2 aromatic rings. The monoisotopic (exact) mass is 345 g/mol. The molecule has 3 N–H and O–H groups in total. The number of carbonyl (C=O) groups is 2. The molecule has 0 saturated heterocycles. The van der Waals surface area contributed by atoms with Gasteiger partial charge in [0.25, 0.3) is 0 Å². The summed E-state index contributed by atoms with van der Waals surface area (Å²) < 4.78 is 4.94. The number of fused-ring (bicyclic) bond motifs is 1. The summed E-state index contributed by atoms with van der Waals surface area (Å²) in [5.74, 6) is -0.537. The molecule has 2 amide bonds. The van der Waals surface area contributed by atoms with Crippen LogP contribution in [0.25, 0.3) is 10.9 Å². The molecule has 25 heavy (non-hydrogen) atoms. The van der Waals surface area contributed by atoms with Crippen LogP contribution in [-0.4, -0.2) is 43.6 Å². The van der Waals surface area contributed by atoms with E-state index in [-0.39, 0.29) is 11.8 Å². The third kappa shape index (κ3) is 4.82. The number of aromatic amines is 1. The van der Waals surface area contributed by atoms with Crippen molar-refractivity contribution in [2.75, 3.05) is 26.8 Å². The van der Waals surface area contributed by atoms with Crippen LogP contribution in [0, 0.1) is 5.41 Å². The molecule has 0 atom stereocenters. The lowest BCUT2D eigenvalue weighted by Gasteiger charge is -2.22. The molecule has 136 valence electrons. The number of para-hydroxylation sites is 1. The molecule has 1 heterocycles. The highest BCUT2D eigenvalue weighted by atomic mass is 16.5. The van der Waals surface area contributed by atoms with Gasteiger partial charge in [0, 0.05) is 43.9 Å². The average Bonchev–Trinajstić information content (AvgIpc) is 3.01. The highest BCUT2D eigenvalue weighted by Gasteiger charge is 2.35. The summed E-state index contributed by atoms with van der Waals surface area (Å²) in [4.78, 5) is 27.8. The number of carbonyl (C=O) groups excluding carboxylic acids is 2. The van der Waals surface area contributed by atoms with Crippen LogP contribution in [0.2, 0.25) is 0 Å². The minimum atomic E-state index is -1.10. The Bertz CT molecular complexity index is 722. The van der Waals surface area contributed by atoms with Gasteiger partial charge in [-0.1, -0.05) is 18.2 Å². The Balaban J connectivity index is 1.83. The van der Waals surface area contributed by atoms with Crippen LogP contribution < -0.4 is 10.6 Å². The van der Waals surface area contributed by atoms with Crippen molar-refractivity contribution in [2.45, 2.75) is 26.7 Å². The minimum absolute atomic E-state index is 0.267. The van der Waals surface area contributed by atoms with Crippen molar-refractivity contribution in [3.63, 3.8) is 0 Å². The number of benzene rings is 1. The molecule has 1 aromatic heterocycles. The second kappa shape index (κ2) is 8.67. The maximum absolute atomic E-state index is 12.4. The fourth-order valence-electron chi connectivity index (χ4n) is 2.61. The second-order valence-electron chi connectivity index (χ2n) is 6.59. The van der Waals surface area contributed by atoms with Crippen LogP contribution in [0.15, 0.2) is 30.5 Å². The number of nitrogens with one attached hydrogen (secondary N) is 3. The molecular weight excluding hydrogens is 318 g/mol. The van der Waals surface area contributed by atoms with Crippen molar-refractivity contribution in [1.29, 1.82) is 0 Å². The van der Waals surface area contributed by atoms with Crippen LogP contribution in [-0.2, 0) is 20.7 Å². The van der Waals surface area contributed by atoms with Crippen molar-refractivity contribution in [3.05, 3.63) is 36.0 Å². The van der Waals surface area contributed by atoms with E-state index in [0.717, 1.165) is 22.9 Å². The Morgan fingerprint density at radius 2 is 1.80 bits per heavy atom. The number of methoxy groups -OCH3 is 1. The number of H-pyrrole nitrogens is 1. The normalized spacial score (nSPS) is 11.5. The van der Waals surface area contributed by atoms with Crippen molar-refractivity contribution >= 4 is 22.7 Å². The van der Waals surface area contributed by atoms with Crippen molar-refractivity contribution in [1.82, 2.24) is 15.6 Å². The Kier molecular flexibility index (Phi) is 6.58. The first kappa shape index (κ1) is 19.0. The van der Waals surface area contributed by atoms with Crippen LogP contribution in [0.4, 0.5) is 0 Å². The van der Waals surface area contributed by atoms with E-state index >= 15 is 0 Å². The van der Waals surface area contributed by atoms with Gasteiger partial charge in [0.15, 0.2) is 0 Å². The van der Waals surface area contributed by atoms with E-state index in [0.29, 0.717) is 26.1 Å². The molecule has 0 fully saturated rings. The zero-order valence-electron chi connectivity index (χ0n) is 15.1. The summed E-state index contributed by atoms with van der Waals surface area (Å²) in [6.07, 6.45) is 3.40. The van der Waals surface area contributed by atoms with Gasteiger partial charge in [-0.05, 0) is 38.3 Å². The van der Waals surface area contributed by atoms with Crippen LogP contribution in [0.5, 0.6) is 0 Å². The van der Waals surface area contributed by atoms with Gasteiger partial charge in [-0.15, -0.1) is 0 Å². The lowest BCUT2D eigenvalue weighted by Crippen LogP contribution is -2.48. The van der Waals surface area contributed by atoms with E-state index in [4.69, 9.17) is 4.74 Å². The number of amides is 2. The summed E-state index contributed by atoms with van der Waals surface area (Å²) in [7, 11) is 1.62. The summed E-state index contributed by atoms with van der Waals surface area (Å²) >= 11 is 0. The SMILES string of the molecule is COCCCNC(=O)C(C)(C)C(=O)NCCc1c[nH]c2ccccc12. The number of hydrogen-bond donors (Lipinski definition) is 3. The number of hydrogen-bond acceptors (Lipinski definition) is 3. The topological polar surface area (TPSA) is 83.2 Å². The Hall–Kier alpha value is -2.34. The molecule has 0 spiro atoms. The van der Waals surface area contributed by atoms with Gasteiger partial charge in [-0.25, -0.2) is 0 Å². The van der Waals surface area contributed by atoms with Gasteiger partial charge in [-0.3, -0.25) is 9.59 Å². The summed E-state index contributed by atoms with van der Waals surface area (Å²) in [5.41, 5.74) is 1.13. The second-order valence-corrected chi connectivity index (χ2v) is 6.59. The minimum Gasteiger partial charge on any atom is -0.385 e. The molecule has 0 aliphatic rings. The summed E-state index contributed by atoms with van der Waals surface area (Å²) in [6.45, 7) is 4.84. The maximum Gasteiger partial charge on any atom is 0.235 e. The number of rotatable bonds is 9. The first-order chi connectivity index (χ1) is 12.0. The van der Waals surface area contributed by atoms with Gasteiger partial charge < -0.3 is 20.4 Å². The lowest BCUT2D eigenvalue weighted by atomic mass is 9.91. The highest BCUT2D eigenvalue weighted by molar-refractivity contribution is 6.04. The molecule has 0 aliphatic heterocycles. The van der Waals surface area contributed by atoms with Gasteiger partial charge in [0.05, 0.1) is 0 Å².